The minimum absolute atomic E-state index is 0.108. The van der Waals surface area contributed by atoms with E-state index in [0.29, 0.717) is 6.54 Å². The molecule has 0 N–H and O–H groups in total. The van der Waals surface area contributed by atoms with Gasteiger partial charge in [-0.2, -0.15) is 8.42 Å². The summed E-state index contributed by atoms with van der Waals surface area (Å²) in [5.41, 5.74) is 2.08. The number of fused-ring (bicyclic) bond motifs is 3. The monoisotopic (exact) mass is 445 g/mol. The number of rotatable bonds is 4. The van der Waals surface area contributed by atoms with Gasteiger partial charge in [-0.3, -0.25) is 4.18 Å². The van der Waals surface area contributed by atoms with Crippen molar-refractivity contribution in [1.29, 1.82) is 0 Å². The van der Waals surface area contributed by atoms with E-state index >= 15 is 0 Å². The van der Waals surface area contributed by atoms with Crippen LogP contribution in [-0.4, -0.2) is 25.8 Å². The first-order valence-electron chi connectivity index (χ1n) is 6.56. The van der Waals surface area contributed by atoms with Crippen molar-refractivity contribution in [3.63, 3.8) is 0 Å². The molecule has 116 valence electrons. The Morgan fingerprint density at radius 3 is 1.95 bits per heavy atom. The molecule has 1 heterocycles. The average Bonchev–Trinajstić information content (AvgIpc) is 2.70. The molecule has 0 radical (unpaired) electrons. The summed E-state index contributed by atoms with van der Waals surface area (Å²) in [4.78, 5) is 0. The van der Waals surface area contributed by atoms with Crippen LogP contribution < -0.4 is 0 Å². The summed E-state index contributed by atoms with van der Waals surface area (Å²) in [6, 6.07) is 12.2. The Labute approximate surface area is 145 Å². The topological polar surface area (TPSA) is 48.3 Å². The maximum absolute atomic E-state index is 11.1. The Morgan fingerprint density at radius 1 is 1.00 bits per heavy atom. The Morgan fingerprint density at radius 2 is 1.50 bits per heavy atom. The molecule has 22 heavy (non-hydrogen) atoms. The minimum Gasteiger partial charge on any atom is -0.338 e. The van der Waals surface area contributed by atoms with Crippen LogP contribution in [0.5, 0.6) is 0 Å². The average molecular weight is 447 g/mol. The van der Waals surface area contributed by atoms with Gasteiger partial charge in [0.25, 0.3) is 10.1 Å². The van der Waals surface area contributed by atoms with Crippen LogP contribution in [0.4, 0.5) is 0 Å². The number of hydrogen-bond acceptors (Lipinski definition) is 3. The molecule has 0 spiro atoms. The van der Waals surface area contributed by atoms with Crippen molar-refractivity contribution in [3.8, 4) is 0 Å². The van der Waals surface area contributed by atoms with E-state index in [1.165, 1.54) is 0 Å². The second kappa shape index (κ2) is 5.96. The zero-order valence-corrected chi connectivity index (χ0v) is 15.7. The van der Waals surface area contributed by atoms with Gasteiger partial charge < -0.3 is 4.57 Å². The summed E-state index contributed by atoms with van der Waals surface area (Å²) >= 11 is 6.98. The predicted octanol–water partition coefficient (Wildman–Crippen LogP) is 4.30. The molecule has 0 aliphatic rings. The molecule has 0 aliphatic heterocycles. The third kappa shape index (κ3) is 3.22. The fourth-order valence-corrected chi connectivity index (χ4v) is 3.64. The van der Waals surface area contributed by atoms with E-state index in [4.69, 9.17) is 4.18 Å². The third-order valence-electron chi connectivity index (χ3n) is 3.40. The fraction of sp³-hybridized carbons (Fsp3) is 0.200. The molecule has 0 unspecified atom stereocenters. The second-order valence-electron chi connectivity index (χ2n) is 5.00. The number of halogens is 2. The number of aromatic nitrogens is 1. The van der Waals surface area contributed by atoms with Crippen molar-refractivity contribution >= 4 is 63.8 Å². The van der Waals surface area contributed by atoms with E-state index in [1.807, 2.05) is 24.3 Å². The Bertz CT molecular complexity index is 904. The minimum atomic E-state index is -3.43. The first-order valence-corrected chi connectivity index (χ1v) is 9.97. The maximum atomic E-state index is 11.1. The van der Waals surface area contributed by atoms with E-state index in [2.05, 4.69) is 48.6 Å². The zero-order chi connectivity index (χ0) is 15.9. The summed E-state index contributed by atoms with van der Waals surface area (Å²) in [6.45, 7) is 0.566. The van der Waals surface area contributed by atoms with Crippen LogP contribution in [0.2, 0.25) is 0 Å². The molecule has 0 saturated heterocycles. The third-order valence-corrected chi connectivity index (χ3v) is 4.98. The summed E-state index contributed by atoms with van der Waals surface area (Å²) in [6.07, 6.45) is 1.06. The molecule has 0 bridgehead atoms. The van der Waals surface area contributed by atoms with Crippen LogP contribution in [-0.2, 0) is 20.8 Å². The van der Waals surface area contributed by atoms with Crippen molar-refractivity contribution in [2.24, 2.45) is 0 Å². The van der Waals surface area contributed by atoms with Gasteiger partial charge in [-0.25, -0.2) is 0 Å². The summed E-state index contributed by atoms with van der Waals surface area (Å²) < 4.78 is 31.2. The Balaban J connectivity index is 2.15. The predicted molar refractivity (Wildman–Crippen MR) is 95.6 cm³/mol. The molecule has 0 amide bonds. The van der Waals surface area contributed by atoms with Crippen molar-refractivity contribution in [2.45, 2.75) is 6.54 Å². The van der Waals surface area contributed by atoms with Crippen LogP contribution in [0.15, 0.2) is 45.3 Å². The lowest BCUT2D eigenvalue weighted by Gasteiger charge is -2.07. The summed E-state index contributed by atoms with van der Waals surface area (Å²) in [7, 11) is -3.43. The molecule has 3 aromatic rings. The number of benzene rings is 2. The van der Waals surface area contributed by atoms with E-state index < -0.39 is 10.1 Å². The van der Waals surface area contributed by atoms with Crippen LogP contribution in [0.25, 0.3) is 21.8 Å². The van der Waals surface area contributed by atoms with E-state index in [0.717, 1.165) is 37.0 Å². The van der Waals surface area contributed by atoms with Gasteiger partial charge >= 0.3 is 0 Å². The summed E-state index contributed by atoms with van der Waals surface area (Å²) in [5.74, 6) is 0. The Kier molecular flexibility index (Phi) is 4.33. The smallest absolute Gasteiger partial charge is 0.264 e. The van der Waals surface area contributed by atoms with Gasteiger partial charge in [0.05, 0.1) is 23.9 Å². The Hall–Kier alpha value is -0.890. The summed E-state index contributed by atoms with van der Waals surface area (Å²) in [5, 5.41) is 2.26. The fourth-order valence-electron chi connectivity index (χ4n) is 2.56. The highest BCUT2D eigenvalue weighted by Crippen LogP contribution is 2.32. The maximum Gasteiger partial charge on any atom is 0.264 e. The molecule has 2 aromatic carbocycles. The first-order chi connectivity index (χ1) is 10.3. The highest BCUT2D eigenvalue weighted by Gasteiger charge is 2.12. The van der Waals surface area contributed by atoms with Crippen LogP contribution in [0.3, 0.4) is 0 Å². The normalized spacial score (nSPS) is 12.3. The molecule has 7 heteroatoms. The van der Waals surface area contributed by atoms with Crippen molar-refractivity contribution in [1.82, 2.24) is 4.57 Å². The van der Waals surface area contributed by atoms with Gasteiger partial charge in [-0.15, -0.1) is 0 Å². The lowest BCUT2D eigenvalue weighted by molar-refractivity contribution is 0.307. The first kappa shape index (κ1) is 16.0. The van der Waals surface area contributed by atoms with Crippen molar-refractivity contribution in [2.75, 3.05) is 12.9 Å². The van der Waals surface area contributed by atoms with Gasteiger partial charge in [0, 0.05) is 26.3 Å². The second-order valence-corrected chi connectivity index (χ2v) is 8.48. The van der Waals surface area contributed by atoms with Gasteiger partial charge in [-0.1, -0.05) is 44.0 Å². The van der Waals surface area contributed by atoms with E-state index in [9.17, 15) is 8.42 Å². The van der Waals surface area contributed by atoms with Crippen molar-refractivity contribution in [3.05, 3.63) is 45.3 Å². The van der Waals surface area contributed by atoms with Gasteiger partial charge in [-0.05, 0) is 24.3 Å². The van der Waals surface area contributed by atoms with Gasteiger partial charge in [0.1, 0.15) is 0 Å². The number of hydrogen-bond donors (Lipinski definition) is 0. The highest BCUT2D eigenvalue weighted by atomic mass is 79.9. The molecule has 0 aliphatic carbocycles. The highest BCUT2D eigenvalue weighted by molar-refractivity contribution is 9.10. The van der Waals surface area contributed by atoms with Gasteiger partial charge in [0.2, 0.25) is 0 Å². The lowest BCUT2D eigenvalue weighted by Crippen LogP contribution is -2.10. The molecular formula is C15H13Br2NO3S. The standard InChI is InChI=1S/C15H13Br2NO3S/c1-22(19,20)21-7-6-18-14-8-10(16)2-4-12(14)13-5-3-11(17)9-15(13)18/h2-5,8-9H,6-7H2,1H3. The quantitative estimate of drug-likeness (QED) is 0.561. The van der Waals surface area contributed by atoms with Crippen LogP contribution in [0.1, 0.15) is 0 Å². The molecule has 4 nitrogen and oxygen atoms in total. The lowest BCUT2D eigenvalue weighted by atomic mass is 10.2. The molecule has 3 rings (SSSR count). The molecular weight excluding hydrogens is 434 g/mol. The molecule has 0 fully saturated rings. The van der Waals surface area contributed by atoms with Crippen LogP contribution in [0, 0.1) is 0 Å². The molecule has 0 atom stereocenters. The van der Waals surface area contributed by atoms with Gasteiger partial charge in [0.15, 0.2) is 0 Å². The SMILES string of the molecule is CS(=O)(=O)OCCn1c2cc(Br)ccc2c2ccc(Br)cc21. The van der Waals surface area contributed by atoms with E-state index in [-0.39, 0.29) is 6.61 Å². The van der Waals surface area contributed by atoms with Crippen molar-refractivity contribution < 1.29 is 12.6 Å². The largest absolute Gasteiger partial charge is 0.338 e. The molecule has 1 aromatic heterocycles. The molecule has 0 saturated carbocycles. The zero-order valence-electron chi connectivity index (χ0n) is 11.7. The van der Waals surface area contributed by atoms with E-state index in [1.54, 1.807) is 0 Å². The van der Waals surface area contributed by atoms with Crippen LogP contribution >= 0.6 is 31.9 Å². The number of nitrogens with zero attached hydrogens (tertiary/aromatic N) is 1.